The van der Waals surface area contributed by atoms with E-state index >= 15 is 0 Å². The van der Waals surface area contributed by atoms with Crippen LogP contribution in [0.5, 0.6) is 0 Å². The van der Waals surface area contributed by atoms with E-state index < -0.39 is 0 Å². The van der Waals surface area contributed by atoms with E-state index in [4.69, 9.17) is 0 Å². The maximum absolute atomic E-state index is 2.43. The number of nitrogens with zero attached hydrogens (tertiary/aromatic N) is 1. The van der Waals surface area contributed by atoms with Crippen LogP contribution in [0.2, 0.25) is 0 Å². The van der Waals surface area contributed by atoms with Gasteiger partial charge in [-0.2, -0.15) is 0 Å². The Hall–Kier alpha value is -0.890. The first kappa shape index (κ1) is 13.5. The Morgan fingerprint density at radius 1 is 1.06 bits per heavy atom. The van der Waals surface area contributed by atoms with Gasteiger partial charge in [0.05, 0.1) is 5.37 Å². The van der Waals surface area contributed by atoms with Crippen LogP contribution in [0.25, 0.3) is 0 Å². The fourth-order valence-electron chi connectivity index (χ4n) is 2.47. The van der Waals surface area contributed by atoms with Gasteiger partial charge in [-0.15, -0.1) is 11.8 Å². The number of hydrogen-bond donors (Lipinski definition) is 0. The first-order chi connectivity index (χ1) is 8.52. The van der Waals surface area contributed by atoms with Gasteiger partial charge in [0, 0.05) is 11.9 Å². The molecule has 0 N–H and O–H groups in total. The summed E-state index contributed by atoms with van der Waals surface area (Å²) in [5.74, 6) is 1.12. The van der Waals surface area contributed by atoms with Crippen molar-refractivity contribution in [2.24, 2.45) is 0 Å². The Morgan fingerprint density at radius 2 is 1.61 bits per heavy atom. The lowest BCUT2D eigenvalue weighted by Gasteiger charge is -2.29. The molecule has 1 aromatic carbocycles. The van der Waals surface area contributed by atoms with E-state index in [2.05, 4.69) is 69.3 Å². The molecule has 0 saturated heterocycles. The molecule has 2 rings (SSSR count). The molecule has 2 heteroatoms. The fraction of sp³-hybridized carbons (Fsp3) is 0.500. The highest BCUT2D eigenvalue weighted by Gasteiger charge is 2.23. The second-order valence-corrected chi connectivity index (χ2v) is 6.75. The fourth-order valence-corrected chi connectivity index (χ4v) is 3.20. The zero-order chi connectivity index (χ0) is 13.3. The molecule has 0 amide bonds. The van der Waals surface area contributed by atoms with E-state index in [-0.39, 0.29) is 0 Å². The van der Waals surface area contributed by atoms with Crippen LogP contribution in [-0.4, -0.2) is 5.37 Å². The maximum atomic E-state index is 2.43. The second-order valence-electron chi connectivity index (χ2n) is 5.52. The summed E-state index contributed by atoms with van der Waals surface area (Å²) in [6.45, 7) is 11.4. The van der Waals surface area contributed by atoms with Crippen molar-refractivity contribution >= 4 is 17.4 Å². The average molecular weight is 261 g/mol. The van der Waals surface area contributed by atoms with Crippen molar-refractivity contribution < 1.29 is 0 Å². The SMILES string of the molecule is CC(C)c1cccc(C(C)C)c1N1C=CSC1C. The van der Waals surface area contributed by atoms with Gasteiger partial charge in [0.25, 0.3) is 0 Å². The number of thioether (sulfide) groups is 1. The molecule has 0 aliphatic carbocycles. The molecule has 18 heavy (non-hydrogen) atoms. The van der Waals surface area contributed by atoms with Crippen LogP contribution in [-0.2, 0) is 0 Å². The summed E-state index contributed by atoms with van der Waals surface area (Å²) in [6, 6.07) is 6.75. The Labute approximate surface area is 115 Å². The van der Waals surface area contributed by atoms with Gasteiger partial charge >= 0.3 is 0 Å². The van der Waals surface area contributed by atoms with Crippen LogP contribution < -0.4 is 4.90 Å². The molecule has 1 heterocycles. The van der Waals surface area contributed by atoms with Crippen LogP contribution in [0.3, 0.4) is 0 Å². The quantitative estimate of drug-likeness (QED) is 0.726. The number of rotatable bonds is 3. The lowest BCUT2D eigenvalue weighted by molar-refractivity contribution is 0.812. The van der Waals surface area contributed by atoms with E-state index in [0.29, 0.717) is 17.2 Å². The number of anilines is 1. The third-order valence-electron chi connectivity index (χ3n) is 3.49. The minimum atomic E-state index is 0.502. The van der Waals surface area contributed by atoms with Crippen LogP contribution in [0, 0.1) is 0 Å². The van der Waals surface area contributed by atoms with Gasteiger partial charge in [-0.25, -0.2) is 0 Å². The Morgan fingerprint density at radius 3 is 2.00 bits per heavy atom. The van der Waals surface area contributed by atoms with Crippen LogP contribution in [0.4, 0.5) is 5.69 Å². The summed E-state index contributed by atoms with van der Waals surface area (Å²) in [6.07, 6.45) is 2.22. The Bertz CT molecular complexity index is 422. The monoisotopic (exact) mass is 261 g/mol. The molecule has 1 unspecified atom stereocenters. The molecular formula is C16H23NS. The van der Waals surface area contributed by atoms with Crippen molar-refractivity contribution in [2.45, 2.75) is 51.8 Å². The topological polar surface area (TPSA) is 3.24 Å². The maximum Gasteiger partial charge on any atom is 0.0806 e. The van der Waals surface area contributed by atoms with E-state index in [1.165, 1.54) is 16.8 Å². The molecule has 0 fully saturated rings. The van der Waals surface area contributed by atoms with Gasteiger partial charge < -0.3 is 4.90 Å². The van der Waals surface area contributed by atoms with Crippen LogP contribution in [0.1, 0.15) is 57.6 Å². The number of para-hydroxylation sites is 1. The summed E-state index contributed by atoms with van der Waals surface area (Å²) < 4.78 is 0. The Balaban J connectivity index is 2.56. The molecule has 1 aliphatic rings. The summed E-state index contributed by atoms with van der Waals surface area (Å²) >= 11 is 1.89. The molecule has 1 aromatic rings. The van der Waals surface area contributed by atoms with Crippen molar-refractivity contribution in [3.8, 4) is 0 Å². The van der Waals surface area contributed by atoms with Crippen molar-refractivity contribution in [3.05, 3.63) is 40.9 Å². The van der Waals surface area contributed by atoms with Gasteiger partial charge in [-0.3, -0.25) is 0 Å². The van der Waals surface area contributed by atoms with Crippen LogP contribution in [0.15, 0.2) is 29.8 Å². The van der Waals surface area contributed by atoms with Gasteiger partial charge in [0.2, 0.25) is 0 Å². The van der Waals surface area contributed by atoms with Gasteiger partial charge in [0.1, 0.15) is 0 Å². The van der Waals surface area contributed by atoms with Gasteiger partial charge in [0.15, 0.2) is 0 Å². The van der Waals surface area contributed by atoms with E-state index in [9.17, 15) is 0 Å². The van der Waals surface area contributed by atoms with E-state index in [0.717, 1.165) is 0 Å². The second kappa shape index (κ2) is 5.40. The Kier molecular flexibility index (Phi) is 4.06. The highest BCUT2D eigenvalue weighted by molar-refractivity contribution is 8.03. The summed E-state index contributed by atoms with van der Waals surface area (Å²) in [7, 11) is 0. The van der Waals surface area contributed by atoms with E-state index in [1.54, 1.807) is 0 Å². The minimum absolute atomic E-state index is 0.502. The summed E-state index contributed by atoms with van der Waals surface area (Å²) in [5, 5.41) is 2.70. The highest BCUT2D eigenvalue weighted by atomic mass is 32.2. The molecule has 0 spiro atoms. The third kappa shape index (κ3) is 2.44. The molecule has 0 aromatic heterocycles. The first-order valence-electron chi connectivity index (χ1n) is 6.75. The molecule has 1 nitrogen and oxygen atoms in total. The lowest BCUT2D eigenvalue weighted by atomic mass is 9.92. The molecule has 0 radical (unpaired) electrons. The molecular weight excluding hydrogens is 238 g/mol. The zero-order valence-corrected chi connectivity index (χ0v) is 12.8. The zero-order valence-electron chi connectivity index (χ0n) is 12.0. The third-order valence-corrected chi connectivity index (χ3v) is 4.39. The molecule has 0 bridgehead atoms. The smallest absolute Gasteiger partial charge is 0.0806 e. The van der Waals surface area contributed by atoms with Crippen molar-refractivity contribution in [1.29, 1.82) is 0 Å². The first-order valence-corrected chi connectivity index (χ1v) is 7.70. The molecule has 1 aliphatic heterocycles. The van der Waals surface area contributed by atoms with E-state index in [1.807, 2.05) is 11.8 Å². The largest absolute Gasteiger partial charge is 0.334 e. The predicted octanol–water partition coefficient (Wildman–Crippen LogP) is 5.30. The predicted molar refractivity (Wildman–Crippen MR) is 83.3 cm³/mol. The highest BCUT2D eigenvalue weighted by Crippen LogP contribution is 2.40. The number of benzene rings is 1. The number of hydrogen-bond acceptors (Lipinski definition) is 2. The summed E-state index contributed by atoms with van der Waals surface area (Å²) in [4.78, 5) is 2.43. The molecule has 0 saturated carbocycles. The molecule has 1 atom stereocenters. The minimum Gasteiger partial charge on any atom is -0.334 e. The lowest BCUT2D eigenvalue weighted by Crippen LogP contribution is -2.24. The van der Waals surface area contributed by atoms with Gasteiger partial charge in [-0.05, 0) is 35.3 Å². The van der Waals surface area contributed by atoms with Crippen molar-refractivity contribution in [1.82, 2.24) is 0 Å². The standard InChI is InChI=1S/C16H23NS/c1-11(2)14-7-6-8-15(12(3)4)16(14)17-9-10-18-13(17)5/h6-13H,1-5H3. The molecule has 98 valence electrons. The van der Waals surface area contributed by atoms with Crippen molar-refractivity contribution in [2.75, 3.05) is 4.90 Å². The summed E-state index contributed by atoms with van der Waals surface area (Å²) in [5.41, 5.74) is 4.34. The van der Waals surface area contributed by atoms with Crippen molar-refractivity contribution in [3.63, 3.8) is 0 Å². The van der Waals surface area contributed by atoms with Crippen LogP contribution >= 0.6 is 11.8 Å². The van der Waals surface area contributed by atoms with Gasteiger partial charge in [-0.1, -0.05) is 45.9 Å². The average Bonchev–Trinajstić information content (AvgIpc) is 2.74. The normalized spacial score (nSPS) is 19.3.